The van der Waals surface area contributed by atoms with Crippen LogP contribution in [0.25, 0.3) is 0 Å². The van der Waals surface area contributed by atoms with Crippen molar-refractivity contribution in [3.05, 3.63) is 6.20 Å². The molecular weight excluding hydrogens is 202 g/mol. The van der Waals surface area contributed by atoms with Crippen LogP contribution in [-0.4, -0.2) is 51.1 Å². The van der Waals surface area contributed by atoms with E-state index in [2.05, 4.69) is 15.6 Å². The Labute approximate surface area is 85.5 Å². The summed E-state index contributed by atoms with van der Waals surface area (Å²) in [6, 6.07) is -0.350. The van der Waals surface area contributed by atoms with Crippen LogP contribution in [0, 0.1) is 0 Å². The molecule has 0 aliphatic carbocycles. The lowest BCUT2D eigenvalue weighted by Crippen LogP contribution is -2.27. The van der Waals surface area contributed by atoms with Crippen molar-refractivity contribution in [2.45, 2.75) is 6.54 Å². The molecule has 8 heteroatoms. The molecule has 82 valence electrons. The molecule has 1 aromatic heterocycles. The molecule has 0 aromatic carbocycles. The third-order valence-electron chi connectivity index (χ3n) is 1.48. The van der Waals surface area contributed by atoms with Gasteiger partial charge >= 0.3 is 12.0 Å². The molecule has 0 aliphatic heterocycles. The molecule has 1 rings (SSSR count). The monoisotopic (exact) mass is 213 g/mol. The normalized spacial score (nSPS) is 9.73. The average Bonchev–Trinajstić information content (AvgIpc) is 2.51. The zero-order chi connectivity index (χ0) is 11.4. The molecule has 0 unspecified atom stereocenters. The van der Waals surface area contributed by atoms with E-state index >= 15 is 0 Å². The molecule has 0 saturated heterocycles. The van der Waals surface area contributed by atoms with Gasteiger partial charge < -0.3 is 10.0 Å². The van der Waals surface area contributed by atoms with Crippen molar-refractivity contribution >= 4 is 17.8 Å². The van der Waals surface area contributed by atoms with Gasteiger partial charge in [-0.25, -0.2) is 9.48 Å². The number of aliphatic carboxylic acids is 1. The van der Waals surface area contributed by atoms with Gasteiger partial charge in [-0.15, -0.1) is 5.10 Å². The number of urea groups is 1. The van der Waals surface area contributed by atoms with Crippen LogP contribution in [0.1, 0.15) is 0 Å². The van der Waals surface area contributed by atoms with E-state index < -0.39 is 5.97 Å². The smallest absolute Gasteiger partial charge is 0.325 e. The van der Waals surface area contributed by atoms with Gasteiger partial charge in [0, 0.05) is 14.1 Å². The van der Waals surface area contributed by atoms with Gasteiger partial charge in [0.15, 0.2) is 5.82 Å². The van der Waals surface area contributed by atoms with Crippen LogP contribution in [0.15, 0.2) is 6.20 Å². The number of carbonyl (C=O) groups excluding carboxylic acids is 1. The van der Waals surface area contributed by atoms with Crippen LogP contribution < -0.4 is 5.32 Å². The number of amides is 2. The lowest BCUT2D eigenvalue weighted by Gasteiger charge is -2.08. The van der Waals surface area contributed by atoms with Crippen molar-refractivity contribution in [3.8, 4) is 0 Å². The SMILES string of the molecule is CN(C)C(=O)Nc1cn(CC(=O)O)nn1. The Hall–Kier alpha value is -2.12. The van der Waals surface area contributed by atoms with Crippen molar-refractivity contribution in [2.75, 3.05) is 19.4 Å². The molecule has 0 bridgehead atoms. The summed E-state index contributed by atoms with van der Waals surface area (Å²) >= 11 is 0. The van der Waals surface area contributed by atoms with Gasteiger partial charge in [0.25, 0.3) is 0 Å². The van der Waals surface area contributed by atoms with Crippen LogP contribution in [0.5, 0.6) is 0 Å². The second kappa shape index (κ2) is 4.40. The van der Waals surface area contributed by atoms with Crippen molar-refractivity contribution in [1.82, 2.24) is 19.9 Å². The van der Waals surface area contributed by atoms with E-state index in [1.165, 1.54) is 11.1 Å². The lowest BCUT2D eigenvalue weighted by atomic mass is 10.6. The molecule has 0 spiro atoms. The van der Waals surface area contributed by atoms with E-state index in [1.807, 2.05) is 0 Å². The molecule has 1 aromatic rings. The summed E-state index contributed by atoms with van der Waals surface area (Å²) in [6.45, 7) is -0.287. The number of hydrogen-bond donors (Lipinski definition) is 2. The molecular formula is C7H11N5O3. The molecule has 1 heterocycles. The van der Waals surface area contributed by atoms with Gasteiger partial charge in [-0.05, 0) is 0 Å². The molecule has 0 fully saturated rings. The summed E-state index contributed by atoms with van der Waals surface area (Å²) in [5.74, 6) is -0.805. The minimum Gasteiger partial charge on any atom is -0.480 e. The number of aromatic nitrogens is 3. The van der Waals surface area contributed by atoms with Crippen LogP contribution in [-0.2, 0) is 11.3 Å². The third-order valence-corrected chi connectivity index (χ3v) is 1.48. The van der Waals surface area contributed by atoms with Gasteiger partial charge in [0.2, 0.25) is 0 Å². The highest BCUT2D eigenvalue weighted by molar-refractivity contribution is 5.87. The Kier molecular flexibility index (Phi) is 3.21. The fourth-order valence-electron chi connectivity index (χ4n) is 0.793. The second-order valence-corrected chi connectivity index (χ2v) is 3.02. The number of rotatable bonds is 3. The maximum absolute atomic E-state index is 11.2. The number of nitrogens with one attached hydrogen (secondary N) is 1. The van der Waals surface area contributed by atoms with Gasteiger partial charge in [0.1, 0.15) is 6.54 Å². The summed E-state index contributed by atoms with van der Waals surface area (Å²) in [5, 5.41) is 18.0. The zero-order valence-corrected chi connectivity index (χ0v) is 8.34. The van der Waals surface area contributed by atoms with Crippen molar-refractivity contribution in [3.63, 3.8) is 0 Å². The number of hydrogen-bond acceptors (Lipinski definition) is 4. The Balaban J connectivity index is 2.60. The van der Waals surface area contributed by atoms with Crippen molar-refractivity contribution in [2.24, 2.45) is 0 Å². The number of carboxylic acids is 1. The molecule has 0 radical (unpaired) electrons. The van der Waals surface area contributed by atoms with E-state index in [-0.39, 0.29) is 18.4 Å². The third kappa shape index (κ3) is 3.25. The maximum atomic E-state index is 11.2. The van der Waals surface area contributed by atoms with Crippen molar-refractivity contribution in [1.29, 1.82) is 0 Å². The second-order valence-electron chi connectivity index (χ2n) is 3.02. The van der Waals surface area contributed by atoms with Crippen LogP contribution in [0.4, 0.5) is 10.6 Å². The van der Waals surface area contributed by atoms with E-state index in [0.717, 1.165) is 4.68 Å². The van der Waals surface area contributed by atoms with E-state index in [9.17, 15) is 9.59 Å². The maximum Gasteiger partial charge on any atom is 0.325 e. The van der Waals surface area contributed by atoms with Crippen LogP contribution >= 0.6 is 0 Å². The molecule has 2 amide bonds. The zero-order valence-electron chi connectivity index (χ0n) is 8.34. The predicted octanol–water partition coefficient (Wildman–Crippen LogP) is -0.544. The molecule has 15 heavy (non-hydrogen) atoms. The fraction of sp³-hybridized carbons (Fsp3) is 0.429. The summed E-state index contributed by atoms with van der Waals surface area (Å²) in [6.07, 6.45) is 1.34. The number of nitrogens with zero attached hydrogens (tertiary/aromatic N) is 4. The van der Waals surface area contributed by atoms with E-state index in [0.29, 0.717) is 0 Å². The predicted molar refractivity (Wildman–Crippen MR) is 50.4 cm³/mol. The minimum atomic E-state index is -1.02. The largest absolute Gasteiger partial charge is 0.480 e. The van der Waals surface area contributed by atoms with Crippen LogP contribution in [0.2, 0.25) is 0 Å². The molecule has 0 atom stereocenters. The van der Waals surface area contributed by atoms with Crippen LogP contribution in [0.3, 0.4) is 0 Å². The Bertz CT molecular complexity index is 372. The number of carboxylic acid groups (broad SMARTS) is 1. The highest BCUT2D eigenvalue weighted by Gasteiger charge is 2.08. The summed E-state index contributed by atoms with van der Waals surface area (Å²) in [7, 11) is 3.16. The van der Waals surface area contributed by atoms with E-state index in [4.69, 9.17) is 5.11 Å². The summed E-state index contributed by atoms with van der Waals surface area (Å²) in [5.41, 5.74) is 0. The molecule has 0 saturated carbocycles. The summed E-state index contributed by atoms with van der Waals surface area (Å²) in [4.78, 5) is 22.8. The Morgan fingerprint density at radius 1 is 1.60 bits per heavy atom. The van der Waals surface area contributed by atoms with Gasteiger partial charge in [-0.3, -0.25) is 10.1 Å². The number of anilines is 1. The fourth-order valence-corrected chi connectivity index (χ4v) is 0.793. The molecule has 2 N–H and O–H groups in total. The van der Waals surface area contributed by atoms with Crippen molar-refractivity contribution < 1.29 is 14.7 Å². The average molecular weight is 213 g/mol. The highest BCUT2D eigenvalue weighted by atomic mass is 16.4. The highest BCUT2D eigenvalue weighted by Crippen LogP contribution is 2.00. The first-order valence-corrected chi connectivity index (χ1v) is 4.09. The Morgan fingerprint density at radius 3 is 2.80 bits per heavy atom. The first kappa shape index (κ1) is 11.0. The summed E-state index contributed by atoms with van der Waals surface area (Å²) < 4.78 is 1.12. The standard InChI is InChI=1S/C7H11N5O3/c1-11(2)7(15)8-5-3-12(10-9-5)4-6(13)14/h3H,4H2,1-2H3,(H,8,15)(H,13,14). The Morgan fingerprint density at radius 2 is 2.27 bits per heavy atom. The topological polar surface area (TPSA) is 100 Å². The first-order valence-electron chi connectivity index (χ1n) is 4.09. The number of carbonyl (C=O) groups is 2. The van der Waals surface area contributed by atoms with Gasteiger partial charge in [0.05, 0.1) is 6.20 Å². The van der Waals surface area contributed by atoms with Gasteiger partial charge in [-0.2, -0.15) is 0 Å². The first-order chi connectivity index (χ1) is 6.99. The lowest BCUT2D eigenvalue weighted by molar-refractivity contribution is -0.137. The molecule has 0 aliphatic rings. The quantitative estimate of drug-likeness (QED) is 0.702. The van der Waals surface area contributed by atoms with Gasteiger partial charge in [-0.1, -0.05) is 5.21 Å². The van der Waals surface area contributed by atoms with E-state index in [1.54, 1.807) is 14.1 Å². The minimum absolute atomic E-state index is 0.218. The molecule has 8 nitrogen and oxygen atoms in total.